The Morgan fingerprint density at radius 3 is 2.57 bits per heavy atom. The molecule has 1 aromatic carbocycles. The van der Waals surface area contributed by atoms with Crippen LogP contribution in [0.5, 0.6) is 0 Å². The number of benzene rings is 1. The SMILES string of the molecule is C1=CC2CCC2/C1=C/c1ccccc1. The quantitative estimate of drug-likeness (QED) is 0.621. The Kier molecular flexibility index (Phi) is 1.80. The lowest BCUT2D eigenvalue weighted by Gasteiger charge is -2.30. The van der Waals surface area contributed by atoms with Crippen molar-refractivity contribution >= 4 is 6.08 Å². The van der Waals surface area contributed by atoms with E-state index in [4.69, 9.17) is 0 Å². The Balaban J connectivity index is 1.89. The van der Waals surface area contributed by atoms with Crippen LogP contribution in [0, 0.1) is 11.8 Å². The average Bonchev–Trinajstić information content (AvgIpc) is 2.42. The summed E-state index contributed by atoms with van der Waals surface area (Å²) in [4.78, 5) is 0. The maximum absolute atomic E-state index is 2.38. The van der Waals surface area contributed by atoms with Crippen LogP contribution in [0.2, 0.25) is 0 Å². The maximum Gasteiger partial charge on any atom is -0.00986 e. The summed E-state index contributed by atoms with van der Waals surface area (Å²) in [7, 11) is 0. The second-order valence-corrected chi connectivity index (χ2v) is 4.26. The van der Waals surface area contributed by atoms with Gasteiger partial charge in [0.05, 0.1) is 0 Å². The van der Waals surface area contributed by atoms with E-state index in [0.717, 1.165) is 11.8 Å². The normalized spacial score (nSPS) is 31.6. The van der Waals surface area contributed by atoms with Crippen LogP contribution in [0.3, 0.4) is 0 Å². The molecule has 0 spiro atoms. The van der Waals surface area contributed by atoms with Gasteiger partial charge in [0.1, 0.15) is 0 Å². The zero-order valence-electron chi connectivity index (χ0n) is 8.19. The average molecular weight is 182 g/mol. The molecule has 2 atom stereocenters. The second-order valence-electron chi connectivity index (χ2n) is 4.26. The van der Waals surface area contributed by atoms with Crippen molar-refractivity contribution in [2.75, 3.05) is 0 Å². The summed E-state index contributed by atoms with van der Waals surface area (Å²) in [5, 5.41) is 0. The van der Waals surface area contributed by atoms with Gasteiger partial charge in [0.2, 0.25) is 0 Å². The molecule has 0 heterocycles. The smallest absolute Gasteiger partial charge is 0.00986 e. The van der Waals surface area contributed by atoms with Crippen molar-refractivity contribution in [3.05, 3.63) is 53.6 Å². The van der Waals surface area contributed by atoms with E-state index in [9.17, 15) is 0 Å². The number of rotatable bonds is 1. The van der Waals surface area contributed by atoms with E-state index < -0.39 is 0 Å². The third-order valence-electron chi connectivity index (χ3n) is 3.42. The van der Waals surface area contributed by atoms with Gasteiger partial charge in [0, 0.05) is 0 Å². The highest BCUT2D eigenvalue weighted by atomic mass is 14.4. The lowest BCUT2D eigenvalue weighted by molar-refractivity contribution is 0.291. The molecule has 0 bridgehead atoms. The molecule has 1 fully saturated rings. The molecule has 0 saturated heterocycles. The highest BCUT2D eigenvalue weighted by molar-refractivity contribution is 5.58. The Hall–Kier alpha value is -1.30. The molecule has 2 aliphatic carbocycles. The van der Waals surface area contributed by atoms with E-state index in [1.165, 1.54) is 24.0 Å². The van der Waals surface area contributed by atoms with E-state index in [1.54, 1.807) is 0 Å². The predicted octanol–water partition coefficient (Wildman–Crippen LogP) is 3.67. The van der Waals surface area contributed by atoms with Crippen molar-refractivity contribution in [3.63, 3.8) is 0 Å². The molecule has 0 radical (unpaired) electrons. The predicted molar refractivity (Wildman–Crippen MR) is 59.8 cm³/mol. The van der Waals surface area contributed by atoms with Gasteiger partial charge in [-0.05, 0) is 35.8 Å². The summed E-state index contributed by atoms with van der Waals surface area (Å²) < 4.78 is 0. The van der Waals surface area contributed by atoms with Crippen LogP contribution in [-0.2, 0) is 0 Å². The van der Waals surface area contributed by atoms with Gasteiger partial charge in [-0.3, -0.25) is 0 Å². The first-order valence-corrected chi connectivity index (χ1v) is 5.38. The first kappa shape index (κ1) is 8.05. The van der Waals surface area contributed by atoms with Crippen molar-refractivity contribution < 1.29 is 0 Å². The van der Waals surface area contributed by atoms with Gasteiger partial charge in [0.25, 0.3) is 0 Å². The largest absolute Gasteiger partial charge is 0.0805 e. The van der Waals surface area contributed by atoms with Crippen molar-refractivity contribution in [1.29, 1.82) is 0 Å². The van der Waals surface area contributed by atoms with Crippen LogP contribution in [-0.4, -0.2) is 0 Å². The van der Waals surface area contributed by atoms with E-state index in [0.29, 0.717) is 0 Å². The molecule has 2 unspecified atom stereocenters. The third kappa shape index (κ3) is 1.22. The number of allylic oxidation sites excluding steroid dienone is 3. The molecule has 2 aliphatic rings. The molecular formula is C14H14. The van der Waals surface area contributed by atoms with Gasteiger partial charge in [0.15, 0.2) is 0 Å². The van der Waals surface area contributed by atoms with Gasteiger partial charge in [-0.2, -0.15) is 0 Å². The van der Waals surface area contributed by atoms with Crippen LogP contribution in [0.15, 0.2) is 48.1 Å². The molecule has 0 amide bonds. The molecule has 14 heavy (non-hydrogen) atoms. The fourth-order valence-corrected chi connectivity index (χ4v) is 2.43. The van der Waals surface area contributed by atoms with E-state index in [2.05, 4.69) is 48.6 Å². The zero-order chi connectivity index (χ0) is 9.38. The summed E-state index contributed by atoms with van der Waals surface area (Å²) in [5.41, 5.74) is 2.87. The number of hydrogen-bond acceptors (Lipinski definition) is 0. The summed E-state index contributed by atoms with van der Waals surface area (Å²) in [6, 6.07) is 10.6. The van der Waals surface area contributed by atoms with Crippen LogP contribution in [0.25, 0.3) is 6.08 Å². The first-order chi connectivity index (χ1) is 6.93. The molecule has 0 nitrogen and oxygen atoms in total. The summed E-state index contributed by atoms with van der Waals surface area (Å²) in [6.07, 6.45) is 9.81. The minimum atomic E-state index is 0.843. The highest BCUT2D eigenvalue weighted by Gasteiger charge is 2.34. The second kappa shape index (κ2) is 3.13. The van der Waals surface area contributed by atoms with Crippen molar-refractivity contribution in [3.8, 4) is 0 Å². The van der Waals surface area contributed by atoms with E-state index >= 15 is 0 Å². The minimum Gasteiger partial charge on any atom is -0.0805 e. The van der Waals surface area contributed by atoms with Crippen LogP contribution < -0.4 is 0 Å². The molecule has 0 aliphatic heterocycles. The lowest BCUT2D eigenvalue weighted by Crippen LogP contribution is -2.20. The molecular weight excluding hydrogens is 168 g/mol. The van der Waals surface area contributed by atoms with Crippen molar-refractivity contribution in [1.82, 2.24) is 0 Å². The maximum atomic E-state index is 2.38. The fourth-order valence-electron chi connectivity index (χ4n) is 2.43. The topological polar surface area (TPSA) is 0 Å². The molecule has 3 rings (SSSR count). The Labute approximate surface area is 85.0 Å². The monoisotopic (exact) mass is 182 g/mol. The molecule has 1 aromatic rings. The fraction of sp³-hybridized carbons (Fsp3) is 0.286. The van der Waals surface area contributed by atoms with Crippen LogP contribution >= 0.6 is 0 Å². The van der Waals surface area contributed by atoms with Gasteiger partial charge < -0.3 is 0 Å². The third-order valence-corrected chi connectivity index (χ3v) is 3.42. The minimum absolute atomic E-state index is 0.843. The van der Waals surface area contributed by atoms with Crippen LogP contribution in [0.4, 0.5) is 0 Å². The highest BCUT2D eigenvalue weighted by Crippen LogP contribution is 2.46. The molecule has 0 aromatic heterocycles. The molecule has 0 N–H and O–H groups in total. The Morgan fingerprint density at radius 2 is 1.93 bits per heavy atom. The summed E-state index contributed by atoms with van der Waals surface area (Å²) in [6.45, 7) is 0. The molecule has 70 valence electrons. The van der Waals surface area contributed by atoms with E-state index in [-0.39, 0.29) is 0 Å². The van der Waals surface area contributed by atoms with E-state index in [1.807, 2.05) is 0 Å². The van der Waals surface area contributed by atoms with Gasteiger partial charge in [-0.1, -0.05) is 48.6 Å². The zero-order valence-corrected chi connectivity index (χ0v) is 8.19. The first-order valence-electron chi connectivity index (χ1n) is 5.38. The van der Waals surface area contributed by atoms with Gasteiger partial charge in [-0.25, -0.2) is 0 Å². The molecule has 1 saturated carbocycles. The number of fused-ring (bicyclic) bond motifs is 1. The van der Waals surface area contributed by atoms with Crippen LogP contribution in [0.1, 0.15) is 18.4 Å². The van der Waals surface area contributed by atoms with Gasteiger partial charge >= 0.3 is 0 Å². The number of hydrogen-bond donors (Lipinski definition) is 0. The Bertz CT molecular complexity index is 384. The molecule has 0 heteroatoms. The summed E-state index contributed by atoms with van der Waals surface area (Å²) >= 11 is 0. The summed E-state index contributed by atoms with van der Waals surface area (Å²) in [5.74, 6) is 1.71. The van der Waals surface area contributed by atoms with Crippen molar-refractivity contribution in [2.45, 2.75) is 12.8 Å². The standard InChI is InChI=1S/C14H14/c1-2-4-11(5-3-1)10-13-7-6-12-8-9-14(12)13/h1-7,10,12,14H,8-9H2/b13-10+. The Morgan fingerprint density at radius 1 is 1.07 bits per heavy atom. The lowest BCUT2D eigenvalue weighted by atomic mass is 9.74. The van der Waals surface area contributed by atoms with Crippen molar-refractivity contribution in [2.24, 2.45) is 11.8 Å². The van der Waals surface area contributed by atoms with Gasteiger partial charge in [-0.15, -0.1) is 0 Å².